The molecule has 4 heteroatoms. The van der Waals surface area contributed by atoms with Crippen LogP contribution in [0.25, 0.3) is 0 Å². The molecule has 1 amide bonds. The van der Waals surface area contributed by atoms with Crippen molar-refractivity contribution in [3.05, 3.63) is 34.9 Å². The van der Waals surface area contributed by atoms with Crippen molar-refractivity contribution in [2.45, 2.75) is 71.6 Å². The van der Waals surface area contributed by atoms with Gasteiger partial charge in [0.1, 0.15) is 5.60 Å². The second-order valence-corrected chi connectivity index (χ2v) is 7.83. The molecule has 3 atom stereocenters. The minimum absolute atomic E-state index is 0.00813. The molecule has 1 saturated heterocycles. The smallest absolute Gasteiger partial charge is 0.410 e. The van der Waals surface area contributed by atoms with Gasteiger partial charge in [0.25, 0.3) is 0 Å². The largest absolute Gasteiger partial charge is 0.444 e. The zero-order valence-electron chi connectivity index (χ0n) is 15.2. The minimum Gasteiger partial charge on any atom is -0.444 e. The summed E-state index contributed by atoms with van der Waals surface area (Å²) in [6.45, 7) is 12.6. The topological polar surface area (TPSA) is 55.6 Å². The highest BCUT2D eigenvalue weighted by atomic mass is 16.6. The van der Waals surface area contributed by atoms with Gasteiger partial charge in [-0.05, 0) is 59.1 Å². The molecule has 0 radical (unpaired) electrons. The summed E-state index contributed by atoms with van der Waals surface area (Å²) in [5, 5.41) is 0. The van der Waals surface area contributed by atoms with E-state index in [0.717, 1.165) is 6.42 Å². The Kier molecular flexibility index (Phi) is 5.04. The first kappa shape index (κ1) is 17.8. The number of benzene rings is 1. The van der Waals surface area contributed by atoms with Gasteiger partial charge in [0.05, 0.1) is 0 Å². The minimum atomic E-state index is -0.493. The molecule has 1 aliphatic heterocycles. The Morgan fingerprint density at radius 3 is 2.57 bits per heavy atom. The fourth-order valence-electron chi connectivity index (χ4n) is 3.22. The average Bonchev–Trinajstić information content (AvgIpc) is 2.42. The van der Waals surface area contributed by atoms with Crippen LogP contribution in [0.15, 0.2) is 18.2 Å². The molecule has 1 fully saturated rings. The van der Waals surface area contributed by atoms with Crippen LogP contribution in [0.2, 0.25) is 0 Å². The molecule has 3 unspecified atom stereocenters. The van der Waals surface area contributed by atoms with E-state index in [2.05, 4.69) is 32.0 Å². The molecule has 23 heavy (non-hydrogen) atoms. The third-order valence-corrected chi connectivity index (χ3v) is 4.59. The van der Waals surface area contributed by atoms with Crippen LogP contribution in [0, 0.1) is 13.8 Å². The molecule has 1 aromatic rings. The van der Waals surface area contributed by atoms with Crippen molar-refractivity contribution >= 4 is 6.09 Å². The van der Waals surface area contributed by atoms with Crippen molar-refractivity contribution in [2.75, 3.05) is 6.54 Å². The molecular formula is C19H30N2O2. The molecule has 0 bridgehead atoms. The number of carbonyl (C=O) groups is 1. The Bertz CT molecular complexity index is 577. The molecule has 0 aliphatic carbocycles. The van der Waals surface area contributed by atoms with E-state index in [0.29, 0.717) is 6.54 Å². The number of ether oxygens (including phenoxy) is 1. The van der Waals surface area contributed by atoms with Crippen LogP contribution in [0.4, 0.5) is 4.79 Å². The molecule has 0 aromatic heterocycles. The maximum atomic E-state index is 12.5. The summed E-state index contributed by atoms with van der Waals surface area (Å²) in [5.74, 6) is 0.258. The van der Waals surface area contributed by atoms with Crippen LogP contribution in [0.3, 0.4) is 0 Å². The van der Waals surface area contributed by atoms with E-state index in [1.807, 2.05) is 27.7 Å². The van der Waals surface area contributed by atoms with E-state index in [1.165, 1.54) is 16.7 Å². The average molecular weight is 318 g/mol. The van der Waals surface area contributed by atoms with Gasteiger partial charge in [-0.25, -0.2) is 4.79 Å². The van der Waals surface area contributed by atoms with E-state index in [9.17, 15) is 4.79 Å². The number of rotatable bonds is 1. The first-order valence-electron chi connectivity index (χ1n) is 8.41. The molecule has 2 rings (SSSR count). The zero-order chi connectivity index (χ0) is 17.4. The van der Waals surface area contributed by atoms with Gasteiger partial charge in [0, 0.05) is 24.5 Å². The molecule has 1 aliphatic rings. The highest BCUT2D eigenvalue weighted by Crippen LogP contribution is 2.32. The number of amides is 1. The molecule has 0 saturated carbocycles. The predicted octanol–water partition coefficient (Wildman–Crippen LogP) is 3.74. The number of piperidine rings is 1. The van der Waals surface area contributed by atoms with Crippen molar-refractivity contribution in [1.82, 2.24) is 4.90 Å². The van der Waals surface area contributed by atoms with E-state index < -0.39 is 5.60 Å². The lowest BCUT2D eigenvalue weighted by atomic mass is 9.83. The summed E-state index contributed by atoms with van der Waals surface area (Å²) in [4.78, 5) is 14.3. The van der Waals surface area contributed by atoms with Crippen molar-refractivity contribution in [3.63, 3.8) is 0 Å². The van der Waals surface area contributed by atoms with E-state index in [4.69, 9.17) is 10.5 Å². The Morgan fingerprint density at radius 1 is 1.30 bits per heavy atom. The molecular weight excluding hydrogens is 288 g/mol. The van der Waals surface area contributed by atoms with Gasteiger partial charge in [-0.2, -0.15) is 0 Å². The first-order chi connectivity index (χ1) is 10.6. The van der Waals surface area contributed by atoms with Crippen LogP contribution < -0.4 is 5.73 Å². The van der Waals surface area contributed by atoms with Crippen molar-refractivity contribution < 1.29 is 9.53 Å². The number of nitrogens with zero attached hydrogens (tertiary/aromatic N) is 1. The van der Waals surface area contributed by atoms with Crippen molar-refractivity contribution in [1.29, 1.82) is 0 Å². The van der Waals surface area contributed by atoms with E-state index >= 15 is 0 Å². The predicted molar refractivity (Wildman–Crippen MR) is 93.7 cm³/mol. The SMILES string of the molecule is Cc1ccc(C)c(C2CC(N)C(C)N(C(=O)OC(C)(C)C)C2)c1. The second-order valence-electron chi connectivity index (χ2n) is 7.83. The highest BCUT2D eigenvalue weighted by molar-refractivity contribution is 5.69. The van der Waals surface area contributed by atoms with E-state index in [-0.39, 0.29) is 24.1 Å². The van der Waals surface area contributed by atoms with Gasteiger partial charge in [0.15, 0.2) is 0 Å². The summed E-state index contributed by atoms with van der Waals surface area (Å²) in [5.41, 5.74) is 9.63. The molecule has 128 valence electrons. The lowest BCUT2D eigenvalue weighted by Crippen LogP contribution is -2.56. The summed E-state index contributed by atoms with van der Waals surface area (Å²) in [7, 11) is 0. The number of aryl methyl sites for hydroxylation is 2. The number of carbonyl (C=O) groups excluding carboxylic acids is 1. The molecule has 4 nitrogen and oxygen atoms in total. The van der Waals surface area contributed by atoms with Gasteiger partial charge >= 0.3 is 6.09 Å². The Labute approximate surface area is 140 Å². The monoisotopic (exact) mass is 318 g/mol. The van der Waals surface area contributed by atoms with Gasteiger partial charge in [-0.3, -0.25) is 0 Å². The maximum absolute atomic E-state index is 12.5. The molecule has 1 aromatic carbocycles. The van der Waals surface area contributed by atoms with E-state index in [1.54, 1.807) is 4.90 Å². The van der Waals surface area contributed by atoms with Crippen molar-refractivity contribution in [3.8, 4) is 0 Å². The normalized spacial score (nSPS) is 25.3. The van der Waals surface area contributed by atoms with Crippen LogP contribution in [0.1, 0.15) is 56.7 Å². The third-order valence-electron chi connectivity index (χ3n) is 4.59. The van der Waals surface area contributed by atoms with Gasteiger partial charge in [-0.1, -0.05) is 23.8 Å². The van der Waals surface area contributed by atoms with Crippen LogP contribution in [0.5, 0.6) is 0 Å². The number of hydrogen-bond donors (Lipinski definition) is 1. The second kappa shape index (κ2) is 6.52. The standard InChI is InChI=1S/C19H30N2O2/c1-12-7-8-13(2)16(9-12)15-10-17(20)14(3)21(11-15)18(22)23-19(4,5)6/h7-9,14-15,17H,10-11,20H2,1-6H3. The lowest BCUT2D eigenvalue weighted by molar-refractivity contribution is 0.00663. The Hall–Kier alpha value is -1.55. The summed E-state index contributed by atoms with van der Waals surface area (Å²) < 4.78 is 5.57. The summed E-state index contributed by atoms with van der Waals surface area (Å²) in [6.07, 6.45) is 0.626. The van der Waals surface area contributed by atoms with Crippen LogP contribution in [-0.2, 0) is 4.74 Å². The zero-order valence-corrected chi connectivity index (χ0v) is 15.2. The summed E-state index contributed by atoms with van der Waals surface area (Å²) >= 11 is 0. The fourth-order valence-corrected chi connectivity index (χ4v) is 3.22. The van der Waals surface area contributed by atoms with Crippen LogP contribution in [-0.4, -0.2) is 35.2 Å². The first-order valence-corrected chi connectivity index (χ1v) is 8.41. The van der Waals surface area contributed by atoms with Gasteiger partial charge < -0.3 is 15.4 Å². The fraction of sp³-hybridized carbons (Fsp3) is 0.632. The molecule has 2 N–H and O–H groups in total. The summed E-state index contributed by atoms with van der Waals surface area (Å²) in [6, 6.07) is 6.44. The highest BCUT2D eigenvalue weighted by Gasteiger charge is 2.37. The maximum Gasteiger partial charge on any atom is 0.410 e. The third kappa shape index (κ3) is 4.25. The van der Waals surface area contributed by atoms with Gasteiger partial charge in [0.2, 0.25) is 0 Å². The lowest BCUT2D eigenvalue weighted by Gasteiger charge is -2.42. The molecule has 0 spiro atoms. The Morgan fingerprint density at radius 2 is 1.96 bits per heavy atom. The quantitative estimate of drug-likeness (QED) is 0.858. The van der Waals surface area contributed by atoms with Crippen LogP contribution >= 0.6 is 0 Å². The number of likely N-dealkylation sites (tertiary alicyclic amines) is 1. The van der Waals surface area contributed by atoms with Crippen molar-refractivity contribution in [2.24, 2.45) is 5.73 Å². The molecule has 1 heterocycles. The van der Waals surface area contributed by atoms with Gasteiger partial charge in [-0.15, -0.1) is 0 Å². The Balaban J connectivity index is 2.24. The number of nitrogens with two attached hydrogens (primary N) is 1. The number of hydrogen-bond acceptors (Lipinski definition) is 3.